The molecule has 2 aromatic rings. The van der Waals surface area contributed by atoms with Gasteiger partial charge >= 0.3 is 0 Å². The van der Waals surface area contributed by atoms with Crippen molar-refractivity contribution in [2.24, 2.45) is 11.7 Å². The van der Waals surface area contributed by atoms with Crippen molar-refractivity contribution in [1.29, 1.82) is 0 Å². The molecular formula is C16H20N2S. The molecule has 0 amide bonds. The van der Waals surface area contributed by atoms with Crippen LogP contribution in [0.15, 0.2) is 41.8 Å². The Morgan fingerprint density at radius 1 is 1.21 bits per heavy atom. The quantitative estimate of drug-likeness (QED) is 0.929. The van der Waals surface area contributed by atoms with E-state index < -0.39 is 0 Å². The maximum Gasteiger partial charge on any atom is 0.0328 e. The zero-order valence-corrected chi connectivity index (χ0v) is 12.1. The van der Waals surface area contributed by atoms with E-state index in [-0.39, 0.29) is 0 Å². The summed E-state index contributed by atoms with van der Waals surface area (Å²) >= 11 is 1.85. The highest BCUT2D eigenvalue weighted by Crippen LogP contribution is 2.27. The van der Waals surface area contributed by atoms with Crippen LogP contribution in [0, 0.1) is 5.92 Å². The van der Waals surface area contributed by atoms with Crippen molar-refractivity contribution in [1.82, 2.24) is 4.90 Å². The van der Waals surface area contributed by atoms with Gasteiger partial charge in [0.2, 0.25) is 0 Å². The topological polar surface area (TPSA) is 29.3 Å². The molecule has 1 aliphatic rings. The molecule has 1 fully saturated rings. The molecule has 2 unspecified atom stereocenters. The summed E-state index contributed by atoms with van der Waals surface area (Å²) < 4.78 is 0. The standard InChI is InChI=1S/C16H20N2S/c1-12-8-18(10-16(12)17)9-15-7-14(11-19-15)13-5-3-2-4-6-13/h2-7,11-12,16H,8-10,17H2,1H3. The Balaban J connectivity index is 1.69. The molecule has 0 bridgehead atoms. The van der Waals surface area contributed by atoms with Crippen LogP contribution in [-0.2, 0) is 6.54 Å². The first kappa shape index (κ1) is 12.9. The normalized spacial score (nSPS) is 23.9. The van der Waals surface area contributed by atoms with Crippen molar-refractivity contribution in [3.05, 3.63) is 46.7 Å². The second-order valence-electron chi connectivity index (χ2n) is 5.50. The van der Waals surface area contributed by atoms with Crippen LogP contribution < -0.4 is 5.73 Å². The van der Waals surface area contributed by atoms with Gasteiger partial charge in [0, 0.05) is 30.6 Å². The zero-order valence-electron chi connectivity index (χ0n) is 11.3. The summed E-state index contributed by atoms with van der Waals surface area (Å²) in [5, 5.41) is 2.25. The highest BCUT2D eigenvalue weighted by Gasteiger charge is 2.26. The Morgan fingerprint density at radius 2 is 2.00 bits per heavy atom. The molecule has 100 valence electrons. The number of nitrogens with two attached hydrogens (primary N) is 1. The van der Waals surface area contributed by atoms with Gasteiger partial charge in [0.05, 0.1) is 0 Å². The Labute approximate surface area is 118 Å². The summed E-state index contributed by atoms with van der Waals surface area (Å²) in [7, 11) is 0. The molecule has 3 rings (SSSR count). The highest BCUT2D eigenvalue weighted by atomic mass is 32.1. The fourth-order valence-corrected chi connectivity index (χ4v) is 3.62. The third-order valence-corrected chi connectivity index (χ3v) is 4.81. The number of rotatable bonds is 3. The Morgan fingerprint density at radius 3 is 2.68 bits per heavy atom. The van der Waals surface area contributed by atoms with Crippen LogP contribution in [0.1, 0.15) is 11.8 Å². The molecular weight excluding hydrogens is 252 g/mol. The molecule has 2 nitrogen and oxygen atoms in total. The molecule has 0 saturated carbocycles. The van der Waals surface area contributed by atoms with E-state index in [1.165, 1.54) is 16.0 Å². The minimum atomic E-state index is 0.341. The molecule has 1 aliphatic heterocycles. The SMILES string of the molecule is CC1CN(Cc2cc(-c3ccccc3)cs2)CC1N. The maximum atomic E-state index is 6.08. The average Bonchev–Trinajstić information content (AvgIpc) is 2.99. The summed E-state index contributed by atoms with van der Waals surface area (Å²) in [4.78, 5) is 3.90. The molecule has 2 atom stereocenters. The summed E-state index contributed by atoms with van der Waals surface area (Å²) in [6, 6.07) is 13.2. The summed E-state index contributed by atoms with van der Waals surface area (Å²) in [5.74, 6) is 0.619. The maximum absolute atomic E-state index is 6.08. The van der Waals surface area contributed by atoms with Gasteiger partial charge in [0.1, 0.15) is 0 Å². The molecule has 1 aromatic carbocycles. The Bertz CT molecular complexity index is 525. The van der Waals surface area contributed by atoms with E-state index in [2.05, 4.69) is 53.6 Å². The third-order valence-electron chi connectivity index (χ3n) is 3.89. The summed E-state index contributed by atoms with van der Waals surface area (Å²) in [5.41, 5.74) is 8.71. The van der Waals surface area contributed by atoms with Gasteiger partial charge in [0.25, 0.3) is 0 Å². The van der Waals surface area contributed by atoms with Crippen LogP contribution in [0.25, 0.3) is 11.1 Å². The van der Waals surface area contributed by atoms with Gasteiger partial charge in [-0.05, 0) is 28.5 Å². The summed E-state index contributed by atoms with van der Waals surface area (Å²) in [6.45, 7) is 5.43. The molecule has 19 heavy (non-hydrogen) atoms. The first-order valence-electron chi connectivity index (χ1n) is 6.83. The van der Waals surface area contributed by atoms with Crippen molar-refractivity contribution in [2.75, 3.05) is 13.1 Å². The fraction of sp³-hybridized carbons (Fsp3) is 0.375. The Kier molecular flexibility index (Phi) is 3.69. The van der Waals surface area contributed by atoms with Crippen molar-refractivity contribution in [2.45, 2.75) is 19.5 Å². The lowest BCUT2D eigenvalue weighted by Gasteiger charge is -2.13. The van der Waals surface area contributed by atoms with Crippen molar-refractivity contribution in [3.63, 3.8) is 0 Å². The van der Waals surface area contributed by atoms with Gasteiger partial charge in [-0.2, -0.15) is 0 Å². The van der Waals surface area contributed by atoms with E-state index >= 15 is 0 Å². The Hall–Kier alpha value is -1.16. The number of nitrogens with zero attached hydrogens (tertiary/aromatic N) is 1. The lowest BCUT2D eigenvalue weighted by molar-refractivity contribution is 0.322. The minimum Gasteiger partial charge on any atom is -0.326 e. The molecule has 0 spiro atoms. The molecule has 0 aliphatic carbocycles. The van der Waals surface area contributed by atoms with Crippen LogP contribution in [0.5, 0.6) is 0 Å². The monoisotopic (exact) mass is 272 g/mol. The third kappa shape index (κ3) is 2.89. The van der Waals surface area contributed by atoms with Crippen LogP contribution in [0.4, 0.5) is 0 Å². The molecule has 2 heterocycles. The van der Waals surface area contributed by atoms with Gasteiger partial charge in [-0.15, -0.1) is 11.3 Å². The zero-order chi connectivity index (χ0) is 13.2. The predicted octanol–water partition coefficient (Wildman–Crippen LogP) is 3.19. The van der Waals surface area contributed by atoms with E-state index in [9.17, 15) is 0 Å². The van der Waals surface area contributed by atoms with Crippen molar-refractivity contribution in [3.8, 4) is 11.1 Å². The lowest BCUT2D eigenvalue weighted by Crippen LogP contribution is -2.28. The molecule has 3 heteroatoms. The van der Waals surface area contributed by atoms with Gasteiger partial charge in [-0.3, -0.25) is 4.90 Å². The van der Waals surface area contributed by atoms with Crippen LogP contribution in [0.2, 0.25) is 0 Å². The number of hydrogen-bond donors (Lipinski definition) is 1. The first-order valence-corrected chi connectivity index (χ1v) is 7.71. The first-order chi connectivity index (χ1) is 9.22. The van der Waals surface area contributed by atoms with Crippen molar-refractivity contribution >= 4 is 11.3 Å². The average molecular weight is 272 g/mol. The van der Waals surface area contributed by atoms with Crippen molar-refractivity contribution < 1.29 is 0 Å². The summed E-state index contributed by atoms with van der Waals surface area (Å²) in [6.07, 6.45) is 0. The van der Waals surface area contributed by atoms with Crippen LogP contribution in [0.3, 0.4) is 0 Å². The lowest BCUT2D eigenvalue weighted by atomic mass is 10.1. The number of thiophene rings is 1. The molecule has 0 radical (unpaired) electrons. The largest absolute Gasteiger partial charge is 0.326 e. The van der Waals surface area contributed by atoms with Gasteiger partial charge < -0.3 is 5.73 Å². The van der Waals surface area contributed by atoms with Gasteiger partial charge in [0.15, 0.2) is 0 Å². The fourth-order valence-electron chi connectivity index (χ4n) is 2.69. The predicted molar refractivity (Wildman–Crippen MR) is 82.2 cm³/mol. The second-order valence-corrected chi connectivity index (χ2v) is 6.50. The van der Waals surface area contributed by atoms with Gasteiger partial charge in [-0.1, -0.05) is 37.3 Å². The minimum absolute atomic E-state index is 0.341. The number of benzene rings is 1. The van der Waals surface area contributed by atoms with E-state index in [0.717, 1.165) is 19.6 Å². The van der Waals surface area contributed by atoms with E-state index in [1.54, 1.807) is 0 Å². The smallest absolute Gasteiger partial charge is 0.0328 e. The highest BCUT2D eigenvalue weighted by molar-refractivity contribution is 7.10. The number of hydrogen-bond acceptors (Lipinski definition) is 3. The molecule has 1 saturated heterocycles. The second kappa shape index (κ2) is 5.45. The molecule has 1 aromatic heterocycles. The van der Waals surface area contributed by atoms with Gasteiger partial charge in [-0.25, -0.2) is 0 Å². The molecule has 2 N–H and O–H groups in total. The number of likely N-dealkylation sites (tertiary alicyclic amines) is 1. The van der Waals surface area contributed by atoms with Crippen LogP contribution >= 0.6 is 11.3 Å². The van der Waals surface area contributed by atoms with E-state index in [4.69, 9.17) is 5.73 Å². The van der Waals surface area contributed by atoms with Crippen LogP contribution in [-0.4, -0.2) is 24.0 Å². The van der Waals surface area contributed by atoms with E-state index in [0.29, 0.717) is 12.0 Å². The van der Waals surface area contributed by atoms with E-state index in [1.807, 2.05) is 11.3 Å².